The summed E-state index contributed by atoms with van der Waals surface area (Å²) in [6, 6.07) is 19.6. The van der Waals surface area contributed by atoms with Gasteiger partial charge in [0.05, 0.1) is 11.8 Å². The van der Waals surface area contributed by atoms with Crippen molar-refractivity contribution < 1.29 is 19.5 Å². The van der Waals surface area contributed by atoms with Crippen LogP contribution in [0.15, 0.2) is 60.7 Å². The standard InChI is InChI=1S/C53H80N2O4/c1-9-41(37-20-12-10-13-21-37)46(50(58)59)47(51(5,6)39-22-14-11-15-23-39)49(57)55-33-17-32-54-48(56)38-28-30-52(7)40(34-38)24-25-42-44-27-26-43(36(4)19-16-18-35(2)3)53(44,8)31-29-45(42)52/h10-15,20-23,35-36,38,40-47H,9,16-19,24-34H2,1-8H3,(H,54,56)(H,55,57)(H,58,59)/t36?,38?,40?,41?,42?,43?,44?,45?,46?,47?,52-,53+/m0/s1. The van der Waals surface area contributed by atoms with Crippen LogP contribution in [0.1, 0.15) is 162 Å². The molecular weight excluding hydrogens is 729 g/mol. The highest BCUT2D eigenvalue weighted by Gasteiger charge is 2.61. The molecule has 4 saturated carbocycles. The quantitative estimate of drug-likeness (QED) is 0.131. The minimum atomic E-state index is -0.958. The Morgan fingerprint density at radius 1 is 0.780 bits per heavy atom. The van der Waals surface area contributed by atoms with Crippen molar-refractivity contribution in [2.24, 2.45) is 70.0 Å². The number of amides is 2. The topological polar surface area (TPSA) is 95.5 Å². The first kappa shape index (κ1) is 45.4. The predicted octanol–water partition coefficient (Wildman–Crippen LogP) is 11.8. The summed E-state index contributed by atoms with van der Waals surface area (Å²) >= 11 is 0. The molecule has 0 aliphatic heterocycles. The van der Waals surface area contributed by atoms with Gasteiger partial charge in [0.25, 0.3) is 0 Å². The highest BCUT2D eigenvalue weighted by atomic mass is 16.4. The number of carbonyl (C=O) groups excluding carboxylic acids is 2. The summed E-state index contributed by atoms with van der Waals surface area (Å²) in [5.41, 5.74) is 1.98. The third-order valence-corrected chi connectivity index (χ3v) is 17.5. The van der Waals surface area contributed by atoms with Crippen LogP contribution in [0.4, 0.5) is 0 Å². The van der Waals surface area contributed by atoms with Gasteiger partial charge in [-0.3, -0.25) is 14.4 Å². The molecule has 6 nitrogen and oxygen atoms in total. The van der Waals surface area contributed by atoms with Gasteiger partial charge in [-0.25, -0.2) is 0 Å². The van der Waals surface area contributed by atoms with Crippen LogP contribution >= 0.6 is 0 Å². The van der Waals surface area contributed by atoms with Crippen molar-refractivity contribution in [2.75, 3.05) is 13.1 Å². The van der Waals surface area contributed by atoms with E-state index in [2.05, 4.69) is 45.3 Å². The Morgan fingerprint density at radius 3 is 2.08 bits per heavy atom. The third kappa shape index (κ3) is 9.52. The molecule has 4 aliphatic rings. The molecule has 6 heteroatoms. The van der Waals surface area contributed by atoms with E-state index in [1.807, 2.05) is 81.4 Å². The molecule has 10 unspecified atom stereocenters. The van der Waals surface area contributed by atoms with Crippen LogP contribution in [0.2, 0.25) is 0 Å². The lowest BCUT2D eigenvalue weighted by atomic mass is 9.44. The molecule has 2 aromatic rings. The molecule has 4 fully saturated rings. The van der Waals surface area contributed by atoms with Gasteiger partial charge in [-0.05, 0) is 140 Å². The Hall–Kier alpha value is -3.15. The fourth-order valence-corrected chi connectivity index (χ4v) is 14.2. The number of nitrogens with one attached hydrogen (secondary N) is 2. The van der Waals surface area contributed by atoms with Crippen molar-refractivity contribution in [3.05, 3.63) is 71.8 Å². The molecule has 12 atom stereocenters. The molecule has 0 bridgehead atoms. The molecule has 4 aliphatic carbocycles. The van der Waals surface area contributed by atoms with Crippen molar-refractivity contribution in [1.29, 1.82) is 0 Å². The van der Waals surface area contributed by atoms with Crippen LogP contribution in [0.5, 0.6) is 0 Å². The van der Waals surface area contributed by atoms with Crippen LogP contribution in [0, 0.1) is 70.0 Å². The minimum Gasteiger partial charge on any atom is -0.481 e. The van der Waals surface area contributed by atoms with Crippen LogP contribution in [-0.4, -0.2) is 36.0 Å². The molecule has 0 aromatic heterocycles. The number of carboxylic acids is 1. The van der Waals surface area contributed by atoms with Crippen molar-refractivity contribution in [3.63, 3.8) is 0 Å². The Bertz CT molecular complexity index is 1690. The minimum absolute atomic E-state index is 0.0620. The number of hydrogen-bond acceptors (Lipinski definition) is 3. The first-order valence-corrected chi connectivity index (χ1v) is 24.0. The van der Waals surface area contributed by atoms with Gasteiger partial charge in [-0.1, -0.05) is 135 Å². The van der Waals surface area contributed by atoms with Gasteiger partial charge < -0.3 is 15.7 Å². The predicted molar refractivity (Wildman–Crippen MR) is 241 cm³/mol. The summed E-state index contributed by atoms with van der Waals surface area (Å²) in [5, 5.41) is 17.2. The Balaban J connectivity index is 1.02. The van der Waals surface area contributed by atoms with Crippen LogP contribution in [0.3, 0.4) is 0 Å². The van der Waals surface area contributed by atoms with Gasteiger partial charge in [0.15, 0.2) is 0 Å². The highest BCUT2D eigenvalue weighted by molar-refractivity contribution is 5.87. The second-order valence-electron chi connectivity index (χ2n) is 21.4. The molecule has 3 N–H and O–H groups in total. The molecule has 6 rings (SSSR count). The van der Waals surface area contributed by atoms with Crippen LogP contribution in [-0.2, 0) is 19.8 Å². The average Bonchev–Trinajstić information content (AvgIpc) is 3.58. The maximum Gasteiger partial charge on any atom is 0.307 e. The lowest BCUT2D eigenvalue weighted by Crippen LogP contribution is -2.54. The molecule has 0 heterocycles. The molecule has 2 amide bonds. The number of benzene rings is 2. The highest BCUT2D eigenvalue weighted by Crippen LogP contribution is 2.68. The van der Waals surface area contributed by atoms with E-state index in [1.54, 1.807) is 0 Å². The fraction of sp³-hybridized carbons (Fsp3) is 0.717. The van der Waals surface area contributed by atoms with Crippen LogP contribution < -0.4 is 10.6 Å². The Morgan fingerprint density at radius 2 is 1.42 bits per heavy atom. The largest absolute Gasteiger partial charge is 0.481 e. The zero-order valence-corrected chi connectivity index (χ0v) is 38.1. The third-order valence-electron chi connectivity index (χ3n) is 17.5. The molecular formula is C53H80N2O4. The van der Waals surface area contributed by atoms with E-state index < -0.39 is 23.2 Å². The van der Waals surface area contributed by atoms with Crippen LogP contribution in [0.25, 0.3) is 0 Å². The summed E-state index contributed by atoms with van der Waals surface area (Å²) in [6.07, 6.45) is 16.7. The monoisotopic (exact) mass is 809 g/mol. The summed E-state index contributed by atoms with van der Waals surface area (Å²) in [5.74, 6) is 2.65. The van der Waals surface area contributed by atoms with E-state index in [-0.39, 0.29) is 23.7 Å². The molecule has 59 heavy (non-hydrogen) atoms. The van der Waals surface area contributed by atoms with Gasteiger partial charge >= 0.3 is 5.97 Å². The molecule has 2 aromatic carbocycles. The number of hydrogen-bond donors (Lipinski definition) is 3. The van der Waals surface area contributed by atoms with Gasteiger partial charge in [0.2, 0.25) is 11.8 Å². The van der Waals surface area contributed by atoms with Gasteiger partial charge in [0.1, 0.15) is 0 Å². The smallest absolute Gasteiger partial charge is 0.307 e. The number of aliphatic carboxylic acids is 1. The van der Waals surface area contributed by atoms with Gasteiger partial charge in [-0.15, -0.1) is 0 Å². The normalized spacial score (nSPS) is 31.2. The second kappa shape index (κ2) is 19.3. The SMILES string of the molecule is CCC(c1ccccc1)C(C(=O)O)C(C(=O)NCCCNC(=O)C1CC[C@@]2(C)C(CCC3C4CCC(C(C)CCCC(C)C)[C@@]4(C)CCC32)C1)C(C)(C)c1ccccc1. The van der Waals surface area contributed by atoms with Crippen molar-refractivity contribution in [1.82, 2.24) is 10.6 Å². The zero-order valence-electron chi connectivity index (χ0n) is 38.1. The van der Waals surface area contributed by atoms with Crippen molar-refractivity contribution in [2.45, 2.75) is 157 Å². The lowest BCUT2D eigenvalue weighted by Gasteiger charge is -2.61. The Labute approximate surface area is 358 Å². The summed E-state index contributed by atoms with van der Waals surface area (Å²) in [4.78, 5) is 41.2. The van der Waals surface area contributed by atoms with E-state index in [0.717, 1.165) is 65.9 Å². The second-order valence-corrected chi connectivity index (χ2v) is 21.4. The van der Waals surface area contributed by atoms with E-state index in [4.69, 9.17) is 0 Å². The number of fused-ring (bicyclic) bond motifs is 5. The first-order valence-electron chi connectivity index (χ1n) is 24.0. The van der Waals surface area contributed by atoms with Gasteiger partial charge in [0, 0.05) is 24.4 Å². The van der Waals surface area contributed by atoms with Crippen molar-refractivity contribution in [3.8, 4) is 0 Å². The number of rotatable bonds is 18. The maximum atomic E-state index is 14.3. The van der Waals surface area contributed by atoms with E-state index >= 15 is 0 Å². The molecule has 0 saturated heterocycles. The van der Waals surface area contributed by atoms with E-state index in [9.17, 15) is 19.5 Å². The summed E-state index contributed by atoms with van der Waals surface area (Å²) < 4.78 is 0. The van der Waals surface area contributed by atoms with Gasteiger partial charge in [-0.2, -0.15) is 0 Å². The number of carboxylic acid groups (broad SMARTS) is 1. The first-order chi connectivity index (χ1) is 28.1. The number of carbonyl (C=O) groups is 3. The van der Waals surface area contributed by atoms with Crippen molar-refractivity contribution >= 4 is 17.8 Å². The summed E-state index contributed by atoms with van der Waals surface area (Å²) in [7, 11) is 0. The fourth-order valence-electron chi connectivity index (χ4n) is 14.2. The molecule has 326 valence electrons. The molecule has 0 radical (unpaired) electrons. The van der Waals surface area contributed by atoms with E-state index in [0.29, 0.717) is 42.7 Å². The zero-order chi connectivity index (χ0) is 42.5. The average molecular weight is 809 g/mol. The summed E-state index contributed by atoms with van der Waals surface area (Å²) in [6.45, 7) is 19.5. The lowest BCUT2D eigenvalue weighted by molar-refractivity contribution is -0.150. The Kier molecular flexibility index (Phi) is 14.8. The maximum absolute atomic E-state index is 14.3. The van der Waals surface area contributed by atoms with E-state index in [1.165, 1.54) is 57.8 Å². The molecule has 0 spiro atoms.